The van der Waals surface area contributed by atoms with E-state index in [9.17, 15) is 9.90 Å². The van der Waals surface area contributed by atoms with E-state index >= 15 is 0 Å². The molecule has 0 amide bonds. The van der Waals surface area contributed by atoms with Gasteiger partial charge in [-0.3, -0.25) is 0 Å². The van der Waals surface area contributed by atoms with Crippen molar-refractivity contribution in [2.24, 2.45) is 0 Å². The van der Waals surface area contributed by atoms with Crippen molar-refractivity contribution in [2.75, 3.05) is 7.11 Å². The van der Waals surface area contributed by atoms with Crippen molar-refractivity contribution in [3.63, 3.8) is 0 Å². The van der Waals surface area contributed by atoms with Crippen LogP contribution in [0.25, 0.3) is 0 Å². The van der Waals surface area contributed by atoms with E-state index < -0.39 is 0 Å². The summed E-state index contributed by atoms with van der Waals surface area (Å²) >= 11 is 0.348. The zero-order valence-electron chi connectivity index (χ0n) is 7.36. The van der Waals surface area contributed by atoms with E-state index in [2.05, 4.69) is 0 Å². The van der Waals surface area contributed by atoms with Gasteiger partial charge in [0.25, 0.3) is 0 Å². The topological polar surface area (TPSA) is 46.5 Å². The van der Waals surface area contributed by atoms with E-state index in [1.165, 1.54) is 7.11 Å². The molecule has 0 radical (unpaired) electrons. The normalized spacial score (nSPS) is 12.2. The molecule has 0 bridgehead atoms. The van der Waals surface area contributed by atoms with Crippen LogP contribution in [0.15, 0.2) is 18.2 Å². The molecular formula is C9H9HgO3. The Balaban J connectivity index is 3.02. The number of phenolic OH excluding ortho intramolecular Hbond substituents is 1. The van der Waals surface area contributed by atoms with E-state index in [4.69, 9.17) is 4.74 Å². The predicted molar refractivity (Wildman–Crippen MR) is 43.5 cm³/mol. The molecule has 0 heterocycles. The van der Waals surface area contributed by atoms with Crippen LogP contribution in [0.5, 0.6) is 11.5 Å². The number of benzene rings is 1. The summed E-state index contributed by atoms with van der Waals surface area (Å²) in [5, 5.41) is 9.42. The van der Waals surface area contributed by atoms with Crippen LogP contribution in [0, 0.1) is 0 Å². The Morgan fingerprint density at radius 3 is 2.77 bits per heavy atom. The van der Waals surface area contributed by atoms with Crippen LogP contribution in [0.3, 0.4) is 0 Å². The van der Waals surface area contributed by atoms with Gasteiger partial charge in [0, 0.05) is 0 Å². The van der Waals surface area contributed by atoms with Gasteiger partial charge in [-0.1, -0.05) is 0 Å². The zero-order chi connectivity index (χ0) is 9.84. The van der Waals surface area contributed by atoms with Crippen molar-refractivity contribution in [1.82, 2.24) is 0 Å². The van der Waals surface area contributed by atoms with Crippen molar-refractivity contribution in [3.8, 4) is 11.5 Å². The van der Waals surface area contributed by atoms with Crippen LogP contribution >= 0.6 is 0 Å². The molecule has 0 spiro atoms. The molecule has 3 nitrogen and oxygen atoms in total. The van der Waals surface area contributed by atoms with Crippen LogP contribution in [-0.4, -0.2) is 18.5 Å². The van der Waals surface area contributed by atoms with Crippen LogP contribution in [0.1, 0.15) is 8.99 Å². The second kappa shape index (κ2) is 4.60. The Kier molecular flexibility index (Phi) is 3.72. The van der Waals surface area contributed by atoms with Gasteiger partial charge >= 0.3 is 92.8 Å². The molecular weight excluding hydrogens is 357 g/mol. The van der Waals surface area contributed by atoms with Gasteiger partial charge in [-0.25, -0.2) is 0 Å². The second-order valence-corrected chi connectivity index (χ2v) is 6.09. The Bertz CT molecular complexity index is 312. The summed E-state index contributed by atoms with van der Waals surface area (Å²) in [6.07, 6.45) is 0.921. The number of aromatic hydroxyl groups is 1. The molecule has 1 unspecified atom stereocenters. The van der Waals surface area contributed by atoms with E-state index in [1.54, 1.807) is 12.1 Å². The Hall–Kier alpha value is -0.575. The number of carbonyl (C=O) groups is 1. The van der Waals surface area contributed by atoms with Crippen LogP contribution in [0.4, 0.5) is 0 Å². The third kappa shape index (κ3) is 2.43. The Morgan fingerprint density at radius 1 is 1.62 bits per heavy atom. The monoisotopic (exact) mass is 367 g/mol. The van der Waals surface area contributed by atoms with Crippen LogP contribution < -0.4 is 4.74 Å². The van der Waals surface area contributed by atoms with Crippen molar-refractivity contribution in [2.45, 2.75) is 3.43 Å². The number of phenols is 1. The van der Waals surface area contributed by atoms with Crippen LogP contribution in [-0.2, 0) is 30.9 Å². The molecule has 13 heavy (non-hydrogen) atoms. The van der Waals surface area contributed by atoms with Gasteiger partial charge < -0.3 is 0 Å². The Labute approximate surface area is 92.7 Å². The van der Waals surface area contributed by atoms with E-state index in [1.807, 2.05) is 6.07 Å². The minimum atomic E-state index is -0.00296. The summed E-state index contributed by atoms with van der Waals surface area (Å²) in [6.45, 7) is 0. The number of carbonyl (C=O) groups excluding carboxylic acids is 1. The summed E-state index contributed by atoms with van der Waals surface area (Å²) in [5.74, 6) is 0.535. The molecule has 1 atom stereocenters. The van der Waals surface area contributed by atoms with Crippen molar-refractivity contribution < 1.29 is 40.8 Å². The first-order valence-corrected chi connectivity index (χ1v) is 7.01. The molecule has 0 aliphatic heterocycles. The van der Waals surface area contributed by atoms with Gasteiger partial charge in [-0.05, 0) is 0 Å². The fraction of sp³-hybridized carbons (Fsp3) is 0.222. The molecule has 0 saturated carbocycles. The van der Waals surface area contributed by atoms with Gasteiger partial charge in [0.1, 0.15) is 0 Å². The molecule has 1 aromatic rings. The first-order chi connectivity index (χ1) is 6.19. The third-order valence-corrected chi connectivity index (χ3v) is 4.38. The van der Waals surface area contributed by atoms with E-state index in [0.717, 1.165) is 11.8 Å². The minimum absolute atomic E-state index is 0.00296. The number of hydrogen-bond acceptors (Lipinski definition) is 3. The number of rotatable bonds is 3. The van der Waals surface area contributed by atoms with Gasteiger partial charge in [0.2, 0.25) is 0 Å². The zero-order valence-corrected chi connectivity index (χ0v) is 12.9. The maximum absolute atomic E-state index is 10.5. The average molecular weight is 366 g/mol. The summed E-state index contributed by atoms with van der Waals surface area (Å²) in [4.78, 5) is 10.5. The number of methoxy groups -OCH3 is 1. The second-order valence-electron chi connectivity index (χ2n) is 2.67. The van der Waals surface area contributed by atoms with Crippen molar-refractivity contribution in [3.05, 3.63) is 23.8 Å². The molecule has 65 valence electrons. The molecule has 1 aromatic carbocycles. The molecule has 1 N–H and O–H groups in total. The van der Waals surface area contributed by atoms with E-state index in [-0.39, 0.29) is 9.18 Å². The van der Waals surface area contributed by atoms with Gasteiger partial charge in [-0.15, -0.1) is 0 Å². The number of ether oxygens (including phenoxy) is 1. The predicted octanol–water partition coefficient (Wildman–Crippen LogP) is 1.19. The summed E-state index contributed by atoms with van der Waals surface area (Å²) < 4.78 is 4.89. The first kappa shape index (κ1) is 10.5. The maximum atomic E-state index is 10.5. The molecule has 0 fully saturated rings. The average Bonchev–Trinajstić information content (AvgIpc) is 2.16. The SMILES string of the molecule is COc1ccc([CH]([Hg])C=O)cc1O. The molecule has 0 aliphatic carbocycles. The van der Waals surface area contributed by atoms with Gasteiger partial charge in [-0.2, -0.15) is 0 Å². The first-order valence-electron chi connectivity index (χ1n) is 3.84. The third-order valence-electron chi connectivity index (χ3n) is 1.80. The van der Waals surface area contributed by atoms with Crippen LogP contribution in [0.2, 0.25) is 0 Å². The standard InChI is InChI=1S/C9H9O3.Hg/c1-12-9-3-2-7(4-5-10)6-8(9)11;/h2-6,11H,1H3;. The molecule has 0 saturated heterocycles. The van der Waals surface area contributed by atoms with Gasteiger partial charge in [0.15, 0.2) is 0 Å². The quantitative estimate of drug-likeness (QED) is 0.646. The van der Waals surface area contributed by atoms with Crippen molar-refractivity contribution >= 4 is 6.29 Å². The van der Waals surface area contributed by atoms with Gasteiger partial charge in [0.05, 0.1) is 0 Å². The summed E-state index contributed by atoms with van der Waals surface area (Å²) in [6, 6.07) is 5.07. The fourth-order valence-electron chi connectivity index (χ4n) is 1.02. The summed E-state index contributed by atoms with van der Waals surface area (Å²) in [5.41, 5.74) is 0.872. The molecule has 0 aliphatic rings. The summed E-state index contributed by atoms with van der Waals surface area (Å²) in [7, 11) is 1.50. The molecule has 4 heteroatoms. The number of hydrogen-bond donors (Lipinski definition) is 1. The fourth-order valence-corrected chi connectivity index (χ4v) is 2.00. The van der Waals surface area contributed by atoms with E-state index in [0.29, 0.717) is 31.9 Å². The molecule has 0 aromatic heterocycles. The van der Waals surface area contributed by atoms with Crippen molar-refractivity contribution in [1.29, 1.82) is 0 Å². The number of aldehydes is 1. The Morgan fingerprint density at radius 2 is 2.31 bits per heavy atom. The molecule has 1 rings (SSSR count).